The van der Waals surface area contributed by atoms with Crippen molar-refractivity contribution in [2.45, 2.75) is 6.54 Å². The number of nitrogens with zero attached hydrogens (tertiary/aromatic N) is 2. The SMILES string of the molecule is Fc1c(F)c(F)c([B-](c2c(F)c(F)c(F)c(F)c2F)(c2c(F)c(F)c(F)c(F)c2F)c2c(F)c(F)c(F)c(F)c2F)c(F)c1F.O=C(C[n+]1ccncc1-c1cccc2ccccc12)c1ccccc1. The van der Waals surface area contributed by atoms with Gasteiger partial charge in [0.2, 0.25) is 18.0 Å². The molecular formula is C46H17BF20N2O. The summed E-state index contributed by atoms with van der Waals surface area (Å²) in [5, 5.41) is 2.32. The lowest BCUT2D eigenvalue weighted by molar-refractivity contribution is -0.672. The number of hydrogen-bond donors (Lipinski definition) is 0. The number of aromatic nitrogens is 2. The molecule has 24 heteroatoms. The van der Waals surface area contributed by atoms with Gasteiger partial charge in [0.05, 0.1) is 18.0 Å². The van der Waals surface area contributed by atoms with Crippen molar-refractivity contribution >= 4 is 44.6 Å². The van der Waals surface area contributed by atoms with E-state index in [9.17, 15) is 57.5 Å². The Morgan fingerprint density at radius 2 is 0.729 bits per heavy atom. The van der Waals surface area contributed by atoms with Crippen molar-refractivity contribution in [1.82, 2.24) is 4.98 Å². The highest BCUT2D eigenvalue weighted by atomic mass is 19.2. The van der Waals surface area contributed by atoms with E-state index < -0.39 is 144 Å². The zero-order valence-corrected chi connectivity index (χ0v) is 33.8. The van der Waals surface area contributed by atoms with Gasteiger partial charge in [0.15, 0.2) is 76.0 Å². The molecule has 8 aromatic rings. The molecule has 0 radical (unpaired) electrons. The molecule has 0 aliphatic carbocycles. The minimum absolute atomic E-state index is 0.0817. The van der Waals surface area contributed by atoms with Gasteiger partial charge < -0.3 is 0 Å². The number of carbonyl (C=O) groups is 1. The number of halogens is 20. The second-order valence-electron chi connectivity index (χ2n) is 14.7. The largest absolute Gasteiger partial charge is 0.287 e. The van der Waals surface area contributed by atoms with Crippen LogP contribution in [-0.4, -0.2) is 16.9 Å². The molecule has 0 unspecified atom stereocenters. The highest BCUT2D eigenvalue weighted by Crippen LogP contribution is 2.31. The third-order valence-electron chi connectivity index (χ3n) is 11.0. The molecule has 0 N–H and O–H groups in total. The standard InChI is InChI=1S/C24BF20.C22H17N2O/c26-5-1(6(27)14(35)21(42)13(5)34)25(2-7(28)15(36)22(43)16(37)8(2)29,3-9(30)17(38)23(44)18(39)10(3)31)4-11(32)19(40)24(45)20(41)12(4)33;25-22(18-8-2-1-3-9-18)16-24-14-13-23-15-21(24)20-12-6-10-17-7-4-5-11-19(17)20/h;1-15H,16H2/q-1;+1. The molecule has 0 saturated heterocycles. The third-order valence-corrected chi connectivity index (χ3v) is 11.0. The Balaban J connectivity index is 0.000000242. The van der Waals surface area contributed by atoms with Crippen molar-refractivity contribution in [3.8, 4) is 11.3 Å². The molecule has 0 aliphatic heterocycles. The topological polar surface area (TPSA) is 33.8 Å². The zero-order valence-electron chi connectivity index (χ0n) is 33.8. The number of carbonyl (C=O) groups excluding carboxylic acids is 1. The summed E-state index contributed by atoms with van der Waals surface area (Å²) < 4.78 is 296. The van der Waals surface area contributed by atoms with Gasteiger partial charge in [-0.2, -0.15) is 4.57 Å². The van der Waals surface area contributed by atoms with E-state index in [0.29, 0.717) is 0 Å². The van der Waals surface area contributed by atoms with Crippen molar-refractivity contribution in [3.63, 3.8) is 0 Å². The van der Waals surface area contributed by atoms with Gasteiger partial charge in [0.1, 0.15) is 52.7 Å². The Bertz CT molecular complexity index is 3060. The zero-order chi connectivity index (χ0) is 51.4. The highest BCUT2D eigenvalue weighted by Gasteiger charge is 2.52. The summed E-state index contributed by atoms with van der Waals surface area (Å²) in [5.41, 5.74) is -11.6. The Morgan fingerprint density at radius 1 is 0.400 bits per heavy atom. The molecule has 0 atom stereocenters. The molecule has 0 bridgehead atoms. The fourth-order valence-corrected chi connectivity index (χ4v) is 7.94. The number of benzene rings is 7. The summed E-state index contributed by atoms with van der Waals surface area (Å²) in [6.07, 6.45) is -1.82. The fraction of sp³-hybridized carbons (Fsp3) is 0.0217. The van der Waals surface area contributed by atoms with Crippen LogP contribution in [0.3, 0.4) is 0 Å². The summed E-state index contributed by atoms with van der Waals surface area (Å²) in [6, 6.07) is 23.8. The quantitative estimate of drug-likeness (QED) is 0.0380. The van der Waals surface area contributed by atoms with Crippen LogP contribution in [0.2, 0.25) is 0 Å². The summed E-state index contributed by atoms with van der Waals surface area (Å²) >= 11 is 0. The Hall–Kier alpha value is -7.79. The van der Waals surface area contributed by atoms with Crippen molar-refractivity contribution in [2.24, 2.45) is 0 Å². The molecule has 360 valence electrons. The van der Waals surface area contributed by atoms with Gasteiger partial charge in [-0.15, -0.1) is 21.9 Å². The number of rotatable bonds is 8. The van der Waals surface area contributed by atoms with Gasteiger partial charge in [-0.1, -0.05) is 66.7 Å². The first-order chi connectivity index (χ1) is 33.0. The summed E-state index contributed by atoms with van der Waals surface area (Å²) in [5.74, 6) is -71.3. The van der Waals surface area contributed by atoms with E-state index in [2.05, 4.69) is 29.2 Å². The van der Waals surface area contributed by atoms with E-state index in [4.69, 9.17) is 0 Å². The average molecular weight is 1000 g/mol. The minimum Gasteiger partial charge on any atom is -0.287 e. The van der Waals surface area contributed by atoms with Crippen LogP contribution in [0.5, 0.6) is 0 Å². The molecule has 0 aliphatic rings. The van der Waals surface area contributed by atoms with Gasteiger partial charge in [0.25, 0.3) is 0 Å². The first kappa shape index (κ1) is 50.1. The Labute approximate surface area is 377 Å². The van der Waals surface area contributed by atoms with Gasteiger partial charge in [-0.3, -0.25) is 9.78 Å². The van der Waals surface area contributed by atoms with Crippen molar-refractivity contribution in [3.05, 3.63) is 213 Å². The molecule has 3 nitrogen and oxygen atoms in total. The van der Waals surface area contributed by atoms with Gasteiger partial charge in [-0.05, 0) is 16.8 Å². The molecule has 7 aromatic carbocycles. The van der Waals surface area contributed by atoms with Crippen molar-refractivity contribution in [2.75, 3.05) is 0 Å². The van der Waals surface area contributed by atoms with Crippen LogP contribution in [-0.2, 0) is 6.54 Å². The molecule has 0 fully saturated rings. The predicted molar refractivity (Wildman–Crippen MR) is 207 cm³/mol. The van der Waals surface area contributed by atoms with Crippen LogP contribution in [0.1, 0.15) is 10.4 Å². The molecule has 0 amide bonds. The number of ketones is 1. The summed E-state index contributed by atoms with van der Waals surface area (Å²) in [7, 11) is 0. The van der Waals surface area contributed by atoms with Crippen LogP contribution < -0.4 is 26.4 Å². The van der Waals surface area contributed by atoms with Crippen LogP contribution >= 0.6 is 0 Å². The molecule has 1 heterocycles. The second kappa shape index (κ2) is 19.0. The van der Waals surface area contributed by atoms with Crippen molar-refractivity contribution in [1.29, 1.82) is 0 Å². The van der Waals surface area contributed by atoms with Crippen LogP contribution in [0.25, 0.3) is 22.0 Å². The third kappa shape index (κ3) is 7.83. The normalized spacial score (nSPS) is 11.5. The molecule has 70 heavy (non-hydrogen) atoms. The lowest BCUT2D eigenvalue weighted by atomic mass is 9.12. The van der Waals surface area contributed by atoms with E-state index in [1.807, 2.05) is 65.5 Å². The number of hydrogen-bond acceptors (Lipinski definition) is 2. The van der Waals surface area contributed by atoms with Crippen LogP contribution in [0, 0.1) is 116 Å². The summed E-state index contributed by atoms with van der Waals surface area (Å²) in [6.45, 7) is 0.283. The van der Waals surface area contributed by atoms with E-state index in [-0.39, 0.29) is 12.3 Å². The lowest BCUT2D eigenvalue weighted by Crippen LogP contribution is -2.81. The van der Waals surface area contributed by atoms with Crippen molar-refractivity contribution < 1.29 is 97.2 Å². The lowest BCUT2D eigenvalue weighted by Gasteiger charge is -2.44. The molecule has 1 aromatic heterocycles. The Kier molecular flexibility index (Phi) is 13.6. The van der Waals surface area contributed by atoms with E-state index >= 15 is 35.1 Å². The maximum Gasteiger partial charge on any atom is 0.232 e. The maximum atomic E-state index is 15.4. The molecule has 0 spiro atoms. The van der Waals surface area contributed by atoms with E-state index in [0.717, 1.165) is 22.2 Å². The van der Waals surface area contributed by atoms with E-state index in [1.165, 1.54) is 5.39 Å². The van der Waals surface area contributed by atoms with Crippen LogP contribution in [0.15, 0.2) is 91.4 Å². The first-order valence-corrected chi connectivity index (χ1v) is 19.2. The minimum atomic E-state index is -7.22. The average Bonchev–Trinajstić information content (AvgIpc) is 3.36. The van der Waals surface area contributed by atoms with E-state index in [1.54, 1.807) is 6.20 Å². The summed E-state index contributed by atoms with van der Waals surface area (Å²) in [4.78, 5) is 16.9. The second-order valence-corrected chi connectivity index (χ2v) is 14.7. The molecular weight excluding hydrogens is 987 g/mol. The predicted octanol–water partition coefficient (Wildman–Crippen LogP) is 9.92. The maximum absolute atomic E-state index is 15.4. The fourth-order valence-electron chi connectivity index (χ4n) is 7.94. The number of fused-ring (bicyclic) bond motifs is 1. The number of Topliss-reactive ketones (excluding diaryl/α,β-unsaturated/α-hetero) is 1. The molecule has 8 rings (SSSR count). The monoisotopic (exact) mass is 1000 g/mol. The van der Waals surface area contributed by atoms with Gasteiger partial charge in [-0.25, -0.2) is 87.8 Å². The highest BCUT2D eigenvalue weighted by molar-refractivity contribution is 7.20. The Morgan fingerprint density at radius 3 is 1.11 bits per heavy atom. The van der Waals surface area contributed by atoms with Crippen LogP contribution in [0.4, 0.5) is 87.8 Å². The first-order valence-electron chi connectivity index (χ1n) is 19.2. The van der Waals surface area contributed by atoms with Gasteiger partial charge >= 0.3 is 0 Å². The van der Waals surface area contributed by atoms with Gasteiger partial charge in [0, 0.05) is 5.56 Å². The smallest absolute Gasteiger partial charge is 0.232 e. The molecule has 0 saturated carbocycles.